The largest absolute Gasteiger partial charge is 0.478 e. The third-order valence-corrected chi connectivity index (χ3v) is 1.95. The van der Waals surface area contributed by atoms with Gasteiger partial charge in [-0.05, 0) is 18.7 Å². The monoisotopic (exact) mass is 195 g/mol. The third kappa shape index (κ3) is 2.31. The van der Waals surface area contributed by atoms with E-state index in [1.165, 1.54) is 6.07 Å². The molecule has 0 aliphatic heterocycles. The van der Waals surface area contributed by atoms with Gasteiger partial charge in [0.15, 0.2) is 0 Å². The second-order valence-electron chi connectivity index (χ2n) is 2.97. The lowest BCUT2D eigenvalue weighted by Gasteiger charge is -2.12. The predicted molar refractivity (Wildman–Crippen MR) is 52.3 cm³/mol. The SMILES string of the molecule is CNCC(O)c1ccccc1C(=O)O. The summed E-state index contributed by atoms with van der Waals surface area (Å²) in [6.07, 6.45) is -0.785. The van der Waals surface area contributed by atoms with Crippen LogP contribution in [0.25, 0.3) is 0 Å². The maximum absolute atomic E-state index is 10.8. The molecule has 0 aliphatic rings. The van der Waals surface area contributed by atoms with Crippen LogP contribution in [0.1, 0.15) is 22.0 Å². The highest BCUT2D eigenvalue weighted by atomic mass is 16.4. The summed E-state index contributed by atoms with van der Waals surface area (Å²) in [6.45, 7) is 0.338. The van der Waals surface area contributed by atoms with Crippen molar-refractivity contribution in [2.24, 2.45) is 0 Å². The molecule has 4 nitrogen and oxygen atoms in total. The highest BCUT2D eigenvalue weighted by Crippen LogP contribution is 2.17. The summed E-state index contributed by atoms with van der Waals surface area (Å²) >= 11 is 0. The molecule has 0 saturated carbocycles. The van der Waals surface area contributed by atoms with E-state index in [2.05, 4.69) is 5.32 Å². The van der Waals surface area contributed by atoms with Crippen LogP contribution >= 0.6 is 0 Å². The molecule has 1 aromatic carbocycles. The van der Waals surface area contributed by atoms with Crippen molar-refractivity contribution in [3.8, 4) is 0 Å². The average Bonchev–Trinajstić information content (AvgIpc) is 2.18. The smallest absolute Gasteiger partial charge is 0.336 e. The molecule has 4 heteroatoms. The average molecular weight is 195 g/mol. The number of aliphatic hydroxyl groups excluding tert-OH is 1. The molecular formula is C10H13NO3. The van der Waals surface area contributed by atoms with Gasteiger partial charge in [0.1, 0.15) is 0 Å². The first-order valence-corrected chi connectivity index (χ1v) is 4.31. The van der Waals surface area contributed by atoms with Crippen LogP contribution in [-0.4, -0.2) is 29.8 Å². The number of rotatable bonds is 4. The summed E-state index contributed by atoms with van der Waals surface area (Å²) in [6, 6.07) is 6.45. The van der Waals surface area contributed by atoms with Gasteiger partial charge < -0.3 is 15.5 Å². The fourth-order valence-electron chi connectivity index (χ4n) is 1.29. The van der Waals surface area contributed by atoms with Crippen molar-refractivity contribution in [3.05, 3.63) is 35.4 Å². The Bertz CT molecular complexity index is 325. The normalized spacial score (nSPS) is 12.4. The van der Waals surface area contributed by atoms with Crippen molar-refractivity contribution in [2.75, 3.05) is 13.6 Å². The first-order valence-electron chi connectivity index (χ1n) is 4.31. The number of benzene rings is 1. The molecule has 76 valence electrons. The molecule has 0 bridgehead atoms. The zero-order valence-electron chi connectivity index (χ0n) is 7.90. The highest BCUT2D eigenvalue weighted by molar-refractivity contribution is 5.89. The van der Waals surface area contributed by atoms with Gasteiger partial charge in [-0.3, -0.25) is 0 Å². The minimum absolute atomic E-state index is 0.148. The van der Waals surface area contributed by atoms with Crippen LogP contribution in [0.2, 0.25) is 0 Å². The van der Waals surface area contributed by atoms with E-state index in [9.17, 15) is 9.90 Å². The van der Waals surface area contributed by atoms with Crippen LogP contribution in [0.15, 0.2) is 24.3 Å². The fraction of sp³-hybridized carbons (Fsp3) is 0.300. The Morgan fingerprint density at radius 2 is 2.14 bits per heavy atom. The Hall–Kier alpha value is -1.39. The molecule has 0 radical (unpaired) electrons. The first-order chi connectivity index (χ1) is 6.66. The zero-order chi connectivity index (χ0) is 10.6. The molecule has 3 N–H and O–H groups in total. The van der Waals surface area contributed by atoms with Crippen molar-refractivity contribution in [2.45, 2.75) is 6.10 Å². The summed E-state index contributed by atoms with van der Waals surface area (Å²) in [5.74, 6) is -1.02. The number of hydrogen-bond acceptors (Lipinski definition) is 3. The van der Waals surface area contributed by atoms with Gasteiger partial charge in [0, 0.05) is 6.54 Å². The number of hydrogen-bond donors (Lipinski definition) is 3. The van der Waals surface area contributed by atoms with Crippen molar-refractivity contribution in [1.29, 1.82) is 0 Å². The van der Waals surface area contributed by atoms with Crippen molar-refractivity contribution in [3.63, 3.8) is 0 Å². The van der Waals surface area contributed by atoms with E-state index in [0.717, 1.165) is 0 Å². The van der Waals surface area contributed by atoms with Crippen LogP contribution < -0.4 is 5.32 Å². The summed E-state index contributed by atoms with van der Waals surface area (Å²) in [5.41, 5.74) is 0.588. The van der Waals surface area contributed by atoms with Gasteiger partial charge in [0.25, 0.3) is 0 Å². The van der Waals surface area contributed by atoms with Crippen molar-refractivity contribution in [1.82, 2.24) is 5.32 Å². The van der Waals surface area contributed by atoms with Crippen LogP contribution in [0.3, 0.4) is 0 Å². The minimum atomic E-state index is -1.02. The van der Waals surface area contributed by atoms with Gasteiger partial charge in [-0.1, -0.05) is 18.2 Å². The van der Waals surface area contributed by atoms with Crippen molar-refractivity contribution < 1.29 is 15.0 Å². The fourth-order valence-corrected chi connectivity index (χ4v) is 1.29. The number of carboxylic acids is 1. The van der Waals surface area contributed by atoms with Crippen LogP contribution in [0, 0.1) is 0 Å². The Morgan fingerprint density at radius 1 is 1.50 bits per heavy atom. The molecule has 1 unspecified atom stereocenters. The van der Waals surface area contributed by atoms with E-state index in [0.29, 0.717) is 12.1 Å². The lowest BCUT2D eigenvalue weighted by molar-refractivity contribution is 0.0689. The van der Waals surface area contributed by atoms with Gasteiger partial charge in [-0.25, -0.2) is 4.79 Å². The van der Waals surface area contributed by atoms with Gasteiger partial charge in [-0.15, -0.1) is 0 Å². The zero-order valence-corrected chi connectivity index (χ0v) is 7.90. The second kappa shape index (κ2) is 4.74. The number of aliphatic hydroxyl groups is 1. The molecule has 0 saturated heterocycles. The summed E-state index contributed by atoms with van der Waals surface area (Å²) < 4.78 is 0. The first kappa shape index (κ1) is 10.7. The lowest BCUT2D eigenvalue weighted by Crippen LogP contribution is -2.18. The van der Waals surface area contributed by atoms with Gasteiger partial charge in [-0.2, -0.15) is 0 Å². The summed E-state index contributed by atoms with van der Waals surface area (Å²) in [4.78, 5) is 10.8. The third-order valence-electron chi connectivity index (χ3n) is 1.95. The van der Waals surface area contributed by atoms with E-state index < -0.39 is 12.1 Å². The topological polar surface area (TPSA) is 69.6 Å². The van der Waals surface area contributed by atoms with E-state index in [-0.39, 0.29) is 5.56 Å². The number of aromatic carboxylic acids is 1. The Labute approximate surface area is 82.2 Å². The van der Waals surface area contributed by atoms with Crippen LogP contribution in [0.4, 0.5) is 0 Å². The Balaban J connectivity index is 3.00. The number of likely N-dealkylation sites (N-methyl/N-ethyl adjacent to an activating group) is 1. The number of nitrogens with one attached hydrogen (secondary N) is 1. The van der Waals surface area contributed by atoms with E-state index in [1.807, 2.05) is 0 Å². The molecule has 0 aliphatic carbocycles. The number of carbonyl (C=O) groups is 1. The standard InChI is InChI=1S/C10H13NO3/c1-11-6-9(12)7-4-2-3-5-8(7)10(13)14/h2-5,9,11-12H,6H2,1H3,(H,13,14). The molecule has 0 amide bonds. The molecule has 0 spiro atoms. The van der Waals surface area contributed by atoms with Gasteiger partial charge in [0.05, 0.1) is 11.7 Å². The number of carboxylic acid groups (broad SMARTS) is 1. The molecule has 0 aromatic heterocycles. The maximum Gasteiger partial charge on any atom is 0.336 e. The molecule has 1 aromatic rings. The summed E-state index contributed by atoms with van der Waals surface area (Å²) in [7, 11) is 1.70. The second-order valence-corrected chi connectivity index (χ2v) is 2.97. The molecule has 1 rings (SSSR count). The van der Waals surface area contributed by atoms with E-state index in [1.54, 1.807) is 25.2 Å². The predicted octanol–water partition coefficient (Wildman–Crippen LogP) is 0.638. The van der Waals surface area contributed by atoms with Crippen molar-refractivity contribution >= 4 is 5.97 Å². The Morgan fingerprint density at radius 3 is 2.71 bits per heavy atom. The van der Waals surface area contributed by atoms with Crippen LogP contribution in [0.5, 0.6) is 0 Å². The summed E-state index contributed by atoms with van der Waals surface area (Å²) in [5, 5.41) is 21.3. The molecular weight excluding hydrogens is 182 g/mol. The Kier molecular flexibility index (Phi) is 3.62. The quantitative estimate of drug-likeness (QED) is 0.659. The van der Waals surface area contributed by atoms with Gasteiger partial charge in [0.2, 0.25) is 0 Å². The van der Waals surface area contributed by atoms with E-state index in [4.69, 9.17) is 5.11 Å². The molecule has 14 heavy (non-hydrogen) atoms. The van der Waals surface area contributed by atoms with E-state index >= 15 is 0 Å². The van der Waals surface area contributed by atoms with Gasteiger partial charge >= 0.3 is 5.97 Å². The molecule has 0 fully saturated rings. The van der Waals surface area contributed by atoms with Crippen LogP contribution in [-0.2, 0) is 0 Å². The highest BCUT2D eigenvalue weighted by Gasteiger charge is 2.15. The molecule has 1 atom stereocenters. The maximum atomic E-state index is 10.8. The lowest BCUT2D eigenvalue weighted by atomic mass is 10.0. The minimum Gasteiger partial charge on any atom is -0.478 e. The molecule has 0 heterocycles.